The smallest absolute Gasteiger partial charge is 0.299 e. The highest BCUT2D eigenvalue weighted by molar-refractivity contribution is 8.00. The van der Waals surface area contributed by atoms with Crippen LogP contribution in [0.1, 0.15) is 13.8 Å². The van der Waals surface area contributed by atoms with Crippen LogP contribution in [0.15, 0.2) is 71.5 Å². The summed E-state index contributed by atoms with van der Waals surface area (Å²) in [7, 11) is -2.34. The van der Waals surface area contributed by atoms with Crippen LogP contribution in [0.25, 0.3) is 22.1 Å². The van der Waals surface area contributed by atoms with E-state index in [-0.39, 0.29) is 0 Å². The molecule has 150 valence electrons. The molecule has 2 heterocycles. The second-order valence-electron chi connectivity index (χ2n) is 6.28. The Morgan fingerprint density at radius 3 is 2.59 bits per heavy atom. The molecule has 0 aliphatic heterocycles. The molecule has 1 atom stereocenters. The van der Waals surface area contributed by atoms with Crippen LogP contribution in [0.5, 0.6) is 0 Å². The van der Waals surface area contributed by atoms with E-state index in [1.54, 1.807) is 18.6 Å². The maximum absolute atomic E-state index is 11.8. The average molecular weight is 409 g/mol. The normalized spacial score (nSPS) is 12.5. The summed E-state index contributed by atoms with van der Waals surface area (Å²) in [6, 6.07) is 15.7. The molecule has 0 radical (unpaired) electrons. The van der Waals surface area contributed by atoms with Gasteiger partial charge in [-0.1, -0.05) is 32.0 Å². The largest absolute Gasteiger partial charge is 0.423 e. The van der Waals surface area contributed by atoms with Crippen molar-refractivity contribution in [3.05, 3.63) is 67.1 Å². The Morgan fingerprint density at radius 1 is 1.00 bits per heavy atom. The molecule has 2 N–H and O–H groups in total. The zero-order valence-electron chi connectivity index (χ0n) is 16.7. The number of hydrogen-bond acceptors (Lipinski definition) is 5. The van der Waals surface area contributed by atoms with Crippen molar-refractivity contribution in [3.8, 4) is 11.3 Å². The molecule has 0 aliphatic rings. The van der Waals surface area contributed by atoms with Crippen molar-refractivity contribution in [2.24, 2.45) is 0 Å². The number of nitrogens with one attached hydrogen (secondary N) is 2. The zero-order valence-corrected chi connectivity index (χ0v) is 17.5. The lowest BCUT2D eigenvalue weighted by molar-refractivity contribution is 0.592. The second kappa shape index (κ2) is 8.79. The molecule has 2 aromatic carbocycles. The first-order chi connectivity index (χ1) is 14.0. The summed E-state index contributed by atoms with van der Waals surface area (Å²) in [5.74, 6) is 4.27. The number of aromatic nitrogens is 2. The number of benzene rings is 2. The summed E-state index contributed by atoms with van der Waals surface area (Å²) in [6.45, 7) is 4.00. The molecule has 29 heavy (non-hydrogen) atoms. The minimum atomic E-state index is -2.34. The number of oxazole rings is 1. The van der Waals surface area contributed by atoms with Crippen LogP contribution in [0.4, 0.5) is 17.4 Å². The van der Waals surface area contributed by atoms with Gasteiger partial charge in [0.05, 0.1) is 6.20 Å². The highest BCUT2D eigenvalue weighted by atomic mass is 32.2. The summed E-state index contributed by atoms with van der Waals surface area (Å²) in [6.07, 6.45) is 6.82. The summed E-state index contributed by atoms with van der Waals surface area (Å²) in [5, 5.41) is 5.27. The third-order valence-corrected chi connectivity index (χ3v) is 4.55. The van der Waals surface area contributed by atoms with Crippen LogP contribution in [0.3, 0.4) is 0 Å². The Balaban J connectivity index is 0.00000117. The standard InChI is InChI=1S/C20H18N4O2S.C2H6/c1-27(2,25)24-18-5-3-4-17(11-18)23-20-22-13-19(26-20)15-6-7-16-12-21-9-8-14(16)10-15;1-2/h3-13H,1H2,2H3,(H,22,23)(H,24,25);1-2H3. The fourth-order valence-electron chi connectivity index (χ4n) is 2.74. The minimum Gasteiger partial charge on any atom is -0.423 e. The summed E-state index contributed by atoms with van der Waals surface area (Å²) < 4.78 is 20.5. The van der Waals surface area contributed by atoms with Gasteiger partial charge < -0.3 is 14.5 Å². The van der Waals surface area contributed by atoms with E-state index in [0.29, 0.717) is 17.5 Å². The number of rotatable bonds is 5. The van der Waals surface area contributed by atoms with Crippen LogP contribution in [0.2, 0.25) is 0 Å². The first-order valence-electron chi connectivity index (χ1n) is 9.23. The van der Waals surface area contributed by atoms with E-state index < -0.39 is 9.71 Å². The fraction of sp³-hybridized carbons (Fsp3) is 0.136. The van der Waals surface area contributed by atoms with Gasteiger partial charge in [-0.25, -0.2) is 9.19 Å². The minimum absolute atomic E-state index is 0.379. The lowest BCUT2D eigenvalue weighted by Gasteiger charge is -2.09. The monoisotopic (exact) mass is 408 g/mol. The maximum atomic E-state index is 11.8. The molecule has 0 spiro atoms. The molecule has 7 heteroatoms. The van der Waals surface area contributed by atoms with Crippen molar-refractivity contribution in [3.63, 3.8) is 0 Å². The van der Waals surface area contributed by atoms with E-state index in [2.05, 4.69) is 25.9 Å². The van der Waals surface area contributed by atoms with E-state index >= 15 is 0 Å². The van der Waals surface area contributed by atoms with E-state index in [1.807, 2.05) is 68.6 Å². The average Bonchev–Trinajstić information content (AvgIpc) is 3.16. The molecule has 2 aromatic heterocycles. The van der Waals surface area contributed by atoms with Crippen molar-refractivity contribution in [2.75, 3.05) is 16.3 Å². The van der Waals surface area contributed by atoms with Crippen molar-refractivity contribution >= 4 is 43.7 Å². The van der Waals surface area contributed by atoms with Gasteiger partial charge in [0, 0.05) is 50.7 Å². The maximum Gasteiger partial charge on any atom is 0.299 e. The molecule has 0 saturated heterocycles. The fourth-order valence-corrected chi connectivity index (χ4v) is 3.36. The van der Waals surface area contributed by atoms with Gasteiger partial charge in [-0.2, -0.15) is 0 Å². The second-order valence-corrected chi connectivity index (χ2v) is 8.49. The predicted octanol–water partition coefficient (Wildman–Crippen LogP) is 5.33. The Kier molecular flexibility index (Phi) is 6.19. The molecule has 0 saturated carbocycles. The first-order valence-corrected chi connectivity index (χ1v) is 11.4. The number of pyridine rings is 1. The van der Waals surface area contributed by atoms with Crippen LogP contribution < -0.4 is 10.0 Å². The van der Waals surface area contributed by atoms with E-state index in [9.17, 15) is 4.21 Å². The third kappa shape index (κ3) is 5.36. The third-order valence-electron chi connectivity index (χ3n) is 3.88. The molecule has 4 rings (SSSR count). The Hall–Kier alpha value is -3.32. The lowest BCUT2D eigenvalue weighted by atomic mass is 10.1. The summed E-state index contributed by atoms with van der Waals surface area (Å²) >= 11 is 0. The molecule has 6 nitrogen and oxygen atoms in total. The van der Waals surface area contributed by atoms with Crippen LogP contribution in [0, 0.1) is 0 Å². The topological polar surface area (TPSA) is 80.0 Å². The van der Waals surface area contributed by atoms with Gasteiger partial charge >= 0.3 is 0 Å². The molecule has 0 fully saturated rings. The number of hydrogen-bond donors (Lipinski definition) is 2. The van der Waals surface area contributed by atoms with Crippen LogP contribution in [-0.4, -0.2) is 26.3 Å². The van der Waals surface area contributed by atoms with E-state index in [1.165, 1.54) is 0 Å². The highest BCUT2D eigenvalue weighted by Gasteiger charge is 2.08. The van der Waals surface area contributed by atoms with Gasteiger partial charge in [-0.05, 0) is 41.6 Å². The summed E-state index contributed by atoms with van der Waals surface area (Å²) in [5.41, 5.74) is 2.41. The van der Waals surface area contributed by atoms with Gasteiger partial charge in [0.2, 0.25) is 0 Å². The number of nitrogens with zero attached hydrogens (tertiary/aromatic N) is 2. The van der Waals surface area contributed by atoms with Crippen molar-refractivity contribution in [2.45, 2.75) is 13.8 Å². The SMILES string of the molecule is C=S(C)(=O)Nc1cccc(Nc2ncc(-c3ccc4cnccc4c3)o2)c1.CC. The molecule has 0 bridgehead atoms. The Bertz CT molecular complexity index is 1220. The van der Waals surface area contributed by atoms with Gasteiger partial charge in [0.25, 0.3) is 6.01 Å². The molecular formula is C22H24N4O2S. The van der Waals surface area contributed by atoms with Crippen molar-refractivity contribution < 1.29 is 8.63 Å². The van der Waals surface area contributed by atoms with E-state index in [4.69, 9.17) is 4.42 Å². The number of anilines is 3. The molecule has 0 aliphatic carbocycles. The summed E-state index contributed by atoms with van der Waals surface area (Å²) in [4.78, 5) is 8.42. The van der Waals surface area contributed by atoms with Gasteiger partial charge in [0.15, 0.2) is 5.76 Å². The quantitative estimate of drug-likeness (QED) is 0.436. The van der Waals surface area contributed by atoms with Crippen molar-refractivity contribution in [1.82, 2.24) is 9.97 Å². The molecular weight excluding hydrogens is 384 g/mol. The van der Waals surface area contributed by atoms with Crippen LogP contribution in [-0.2, 0) is 9.71 Å². The predicted molar refractivity (Wildman–Crippen MR) is 123 cm³/mol. The Labute approximate surface area is 171 Å². The Morgan fingerprint density at radius 2 is 1.79 bits per heavy atom. The number of fused-ring (bicyclic) bond motifs is 1. The highest BCUT2D eigenvalue weighted by Crippen LogP contribution is 2.27. The molecule has 1 unspecified atom stereocenters. The lowest BCUT2D eigenvalue weighted by Crippen LogP contribution is -2.09. The van der Waals surface area contributed by atoms with Gasteiger partial charge in [0.1, 0.15) is 0 Å². The first kappa shape index (κ1) is 20.4. The van der Waals surface area contributed by atoms with Crippen molar-refractivity contribution in [1.29, 1.82) is 0 Å². The molecule has 4 aromatic rings. The van der Waals surface area contributed by atoms with E-state index in [0.717, 1.165) is 22.0 Å². The molecule has 0 amide bonds. The van der Waals surface area contributed by atoms with Gasteiger partial charge in [-0.15, -0.1) is 0 Å². The van der Waals surface area contributed by atoms with Crippen LogP contribution >= 0.6 is 0 Å². The zero-order chi connectivity index (χ0) is 20.9. The van der Waals surface area contributed by atoms with Gasteiger partial charge in [-0.3, -0.25) is 4.98 Å².